The van der Waals surface area contributed by atoms with Crippen molar-refractivity contribution >= 4 is 39.9 Å². The van der Waals surface area contributed by atoms with E-state index < -0.39 is 6.10 Å². The maximum Gasteiger partial charge on any atom is 0.0945 e. The summed E-state index contributed by atoms with van der Waals surface area (Å²) in [6, 6.07) is 5.61. The molecule has 1 aliphatic heterocycles. The predicted molar refractivity (Wildman–Crippen MR) is 88.5 cm³/mol. The molecule has 1 aromatic rings. The lowest BCUT2D eigenvalue weighted by Crippen LogP contribution is -2.27. The molecule has 1 aromatic carbocycles. The molecule has 0 radical (unpaired) electrons. The van der Waals surface area contributed by atoms with E-state index in [0.717, 1.165) is 28.7 Å². The molecule has 20 heavy (non-hydrogen) atoms. The lowest BCUT2D eigenvalue weighted by atomic mass is 10.2. The van der Waals surface area contributed by atoms with Crippen molar-refractivity contribution in [3.8, 4) is 0 Å². The second-order valence-corrected chi connectivity index (χ2v) is 6.43. The molecule has 1 aliphatic rings. The molecule has 0 aromatic heterocycles. The summed E-state index contributed by atoms with van der Waals surface area (Å²) in [5, 5.41) is 13.8. The summed E-state index contributed by atoms with van der Waals surface area (Å²) in [7, 11) is 0. The summed E-state index contributed by atoms with van der Waals surface area (Å²) in [5.74, 6) is 0. The van der Waals surface area contributed by atoms with Crippen molar-refractivity contribution in [1.82, 2.24) is 0 Å². The van der Waals surface area contributed by atoms with Gasteiger partial charge in [-0.1, -0.05) is 11.6 Å². The van der Waals surface area contributed by atoms with Crippen molar-refractivity contribution in [2.24, 2.45) is 0 Å². The van der Waals surface area contributed by atoms with E-state index in [1.165, 1.54) is 0 Å². The number of halogens is 2. The van der Waals surface area contributed by atoms with E-state index in [2.05, 4.69) is 27.9 Å². The Hall–Kier alpha value is -0.0800. The molecular weight excluding hydrogens is 393 g/mol. The van der Waals surface area contributed by atoms with Gasteiger partial charge in [-0.15, -0.1) is 0 Å². The summed E-state index contributed by atoms with van der Waals surface area (Å²) < 4.78 is 12.0. The highest BCUT2D eigenvalue weighted by atomic mass is 127. The number of aliphatic hydroxyl groups excluding tert-OH is 1. The van der Waals surface area contributed by atoms with Gasteiger partial charge >= 0.3 is 0 Å². The molecule has 2 unspecified atom stereocenters. The molecule has 1 fully saturated rings. The lowest BCUT2D eigenvalue weighted by molar-refractivity contribution is -0.0137. The van der Waals surface area contributed by atoms with Gasteiger partial charge in [0, 0.05) is 27.4 Å². The fourth-order valence-electron chi connectivity index (χ4n) is 2.03. The van der Waals surface area contributed by atoms with E-state index in [4.69, 9.17) is 21.1 Å². The third kappa shape index (κ3) is 5.37. The molecule has 4 nitrogen and oxygen atoms in total. The van der Waals surface area contributed by atoms with Gasteiger partial charge < -0.3 is 19.9 Å². The van der Waals surface area contributed by atoms with Crippen molar-refractivity contribution in [3.05, 3.63) is 26.8 Å². The molecule has 0 bridgehead atoms. The number of hydrogen-bond donors (Lipinski definition) is 2. The maximum absolute atomic E-state index is 9.87. The Kier molecular flexibility index (Phi) is 6.83. The van der Waals surface area contributed by atoms with Crippen LogP contribution in [0.4, 0.5) is 5.69 Å². The minimum atomic E-state index is -0.539. The first kappa shape index (κ1) is 16.3. The van der Waals surface area contributed by atoms with Crippen LogP contribution >= 0.6 is 34.2 Å². The van der Waals surface area contributed by atoms with E-state index in [1.54, 1.807) is 0 Å². The first-order chi connectivity index (χ1) is 9.65. The van der Waals surface area contributed by atoms with Crippen LogP contribution in [-0.4, -0.2) is 43.7 Å². The monoisotopic (exact) mass is 411 g/mol. The van der Waals surface area contributed by atoms with Crippen molar-refractivity contribution in [1.29, 1.82) is 0 Å². The Labute approximate surface area is 137 Å². The summed E-state index contributed by atoms with van der Waals surface area (Å²) >= 11 is 8.11. The Morgan fingerprint density at radius 1 is 1.55 bits per heavy atom. The van der Waals surface area contributed by atoms with E-state index in [1.807, 2.05) is 18.2 Å². The number of anilines is 1. The van der Waals surface area contributed by atoms with Gasteiger partial charge in [0.05, 0.1) is 25.4 Å². The number of rotatable bonds is 7. The quantitative estimate of drug-likeness (QED) is 0.678. The minimum absolute atomic E-state index is 0.201. The normalized spacial score (nSPS) is 20.1. The second-order valence-electron chi connectivity index (χ2n) is 4.83. The molecular formula is C14H19ClINO3. The van der Waals surface area contributed by atoms with Crippen molar-refractivity contribution in [2.45, 2.75) is 25.0 Å². The molecule has 112 valence electrons. The van der Waals surface area contributed by atoms with Gasteiger partial charge in [-0.2, -0.15) is 0 Å². The van der Waals surface area contributed by atoms with Gasteiger partial charge in [0.2, 0.25) is 0 Å². The maximum atomic E-state index is 9.87. The Morgan fingerprint density at radius 3 is 3.10 bits per heavy atom. The lowest BCUT2D eigenvalue weighted by Gasteiger charge is -2.16. The van der Waals surface area contributed by atoms with Crippen LogP contribution in [0.1, 0.15) is 12.8 Å². The van der Waals surface area contributed by atoms with Crippen molar-refractivity contribution < 1.29 is 14.6 Å². The Balaban J connectivity index is 1.65. The van der Waals surface area contributed by atoms with Gasteiger partial charge in [0.25, 0.3) is 0 Å². The molecule has 0 spiro atoms. The molecule has 6 heteroatoms. The molecule has 0 aliphatic carbocycles. The number of benzene rings is 1. The number of aliphatic hydroxyl groups is 1. The number of hydrogen-bond acceptors (Lipinski definition) is 4. The van der Waals surface area contributed by atoms with Crippen LogP contribution in [0.5, 0.6) is 0 Å². The van der Waals surface area contributed by atoms with E-state index in [-0.39, 0.29) is 6.10 Å². The molecule has 2 N–H and O–H groups in total. The minimum Gasteiger partial charge on any atom is -0.389 e. The highest BCUT2D eigenvalue weighted by Crippen LogP contribution is 2.22. The topological polar surface area (TPSA) is 50.7 Å². The Morgan fingerprint density at radius 2 is 2.40 bits per heavy atom. The summed E-state index contributed by atoms with van der Waals surface area (Å²) in [4.78, 5) is 0. The zero-order valence-corrected chi connectivity index (χ0v) is 14.1. The largest absolute Gasteiger partial charge is 0.389 e. The van der Waals surface area contributed by atoms with Crippen molar-refractivity contribution in [3.63, 3.8) is 0 Å². The molecule has 0 amide bonds. The first-order valence-electron chi connectivity index (χ1n) is 6.71. The van der Waals surface area contributed by atoms with Gasteiger partial charge in [-0.05, 0) is 53.6 Å². The van der Waals surface area contributed by atoms with Gasteiger partial charge in [-0.25, -0.2) is 0 Å². The SMILES string of the molecule is OC(CNc1ccc(Cl)cc1I)COCC1CCCO1. The molecule has 1 saturated heterocycles. The highest BCUT2D eigenvalue weighted by Gasteiger charge is 2.16. The summed E-state index contributed by atoms with van der Waals surface area (Å²) in [6.45, 7) is 2.16. The highest BCUT2D eigenvalue weighted by molar-refractivity contribution is 14.1. The fraction of sp³-hybridized carbons (Fsp3) is 0.571. The van der Waals surface area contributed by atoms with Crippen LogP contribution in [0.3, 0.4) is 0 Å². The number of ether oxygens (including phenoxy) is 2. The zero-order valence-electron chi connectivity index (χ0n) is 11.1. The molecule has 2 rings (SSSR count). The molecule has 0 saturated carbocycles. The third-order valence-corrected chi connectivity index (χ3v) is 4.22. The second kappa shape index (κ2) is 8.38. The average molecular weight is 412 g/mol. The van der Waals surface area contributed by atoms with E-state index in [0.29, 0.717) is 24.8 Å². The van der Waals surface area contributed by atoms with Crippen LogP contribution in [-0.2, 0) is 9.47 Å². The molecule has 2 atom stereocenters. The molecule has 1 heterocycles. The zero-order chi connectivity index (χ0) is 14.4. The summed E-state index contributed by atoms with van der Waals surface area (Å²) in [6.07, 6.45) is 1.82. The fourth-order valence-corrected chi connectivity index (χ4v) is 3.09. The standard InChI is InChI=1S/C14H19ClINO3/c15-10-3-4-14(13(16)6-10)17-7-11(18)8-19-9-12-2-1-5-20-12/h3-4,6,11-12,17-18H,1-2,5,7-9H2. The van der Waals surface area contributed by atoms with Gasteiger partial charge in [0.15, 0.2) is 0 Å². The smallest absolute Gasteiger partial charge is 0.0945 e. The van der Waals surface area contributed by atoms with Gasteiger partial charge in [0.1, 0.15) is 0 Å². The average Bonchev–Trinajstić information content (AvgIpc) is 2.91. The van der Waals surface area contributed by atoms with Crippen molar-refractivity contribution in [2.75, 3.05) is 31.7 Å². The van der Waals surface area contributed by atoms with Crippen LogP contribution in [0.25, 0.3) is 0 Å². The van der Waals surface area contributed by atoms with E-state index >= 15 is 0 Å². The van der Waals surface area contributed by atoms with E-state index in [9.17, 15) is 5.11 Å². The van der Waals surface area contributed by atoms with Gasteiger partial charge in [-0.3, -0.25) is 0 Å². The van der Waals surface area contributed by atoms with Crippen LogP contribution in [0, 0.1) is 3.57 Å². The first-order valence-corrected chi connectivity index (χ1v) is 8.17. The van der Waals surface area contributed by atoms with Crippen LogP contribution in [0.2, 0.25) is 5.02 Å². The number of nitrogens with one attached hydrogen (secondary N) is 1. The summed E-state index contributed by atoms with van der Waals surface area (Å²) in [5.41, 5.74) is 0.966. The predicted octanol–water partition coefficient (Wildman–Crippen LogP) is 2.91. The third-order valence-electron chi connectivity index (χ3n) is 3.10. The van der Waals surface area contributed by atoms with Crippen LogP contribution in [0.15, 0.2) is 18.2 Å². The Bertz CT molecular complexity index is 427. The van der Waals surface area contributed by atoms with Crippen LogP contribution < -0.4 is 5.32 Å².